The number of benzene rings is 1. The second-order valence-electron chi connectivity index (χ2n) is 3.42. The number of halogens is 2. The monoisotopic (exact) mass is 254 g/mol. The molecular weight excluding hydrogens is 247 g/mol. The molecule has 0 unspecified atom stereocenters. The normalized spacial score (nSPS) is 10.5. The van der Waals surface area contributed by atoms with Crippen molar-refractivity contribution < 1.29 is 9.18 Å². The van der Waals surface area contributed by atoms with Crippen LogP contribution in [0, 0.1) is 5.82 Å². The molecule has 1 aromatic carbocycles. The van der Waals surface area contributed by atoms with Gasteiger partial charge in [-0.2, -0.15) is 4.80 Å². The Morgan fingerprint density at radius 1 is 1.53 bits per heavy atom. The van der Waals surface area contributed by atoms with Crippen molar-refractivity contribution in [1.29, 1.82) is 0 Å². The number of nitrogens with zero attached hydrogens (tertiary/aromatic N) is 4. The van der Waals surface area contributed by atoms with E-state index in [1.807, 2.05) is 0 Å². The summed E-state index contributed by atoms with van der Waals surface area (Å²) in [6, 6.07) is 3.82. The van der Waals surface area contributed by atoms with Gasteiger partial charge in [0.25, 0.3) is 0 Å². The number of tetrazole rings is 1. The minimum Gasteiger partial charge on any atom is -0.294 e. The smallest absolute Gasteiger partial charge is 0.182 e. The molecule has 0 fully saturated rings. The summed E-state index contributed by atoms with van der Waals surface area (Å²) in [5.74, 6) is -0.793. The van der Waals surface area contributed by atoms with E-state index in [9.17, 15) is 9.18 Å². The molecule has 0 amide bonds. The van der Waals surface area contributed by atoms with Gasteiger partial charge in [0.15, 0.2) is 11.6 Å². The Hall–Kier alpha value is -1.82. The van der Waals surface area contributed by atoms with Gasteiger partial charge in [-0.25, -0.2) is 4.39 Å². The molecule has 0 saturated carbocycles. The number of ketones is 1. The van der Waals surface area contributed by atoms with Gasteiger partial charge in [-0.1, -0.05) is 11.6 Å². The fourth-order valence-corrected chi connectivity index (χ4v) is 1.52. The van der Waals surface area contributed by atoms with E-state index in [1.54, 1.807) is 7.05 Å². The third-order valence-corrected chi connectivity index (χ3v) is 2.33. The van der Waals surface area contributed by atoms with Gasteiger partial charge in [-0.3, -0.25) is 4.79 Å². The highest BCUT2D eigenvalue weighted by Gasteiger charge is 2.15. The second-order valence-corrected chi connectivity index (χ2v) is 3.86. The summed E-state index contributed by atoms with van der Waals surface area (Å²) in [5.41, 5.74) is -0.0649. The number of Topliss-reactive ketones (excluding diaryl/α,β-unsaturated/α-hetero) is 1. The highest BCUT2D eigenvalue weighted by molar-refractivity contribution is 6.31. The maximum absolute atomic E-state index is 13.4. The maximum Gasteiger partial charge on any atom is 0.182 e. The summed E-state index contributed by atoms with van der Waals surface area (Å²) in [7, 11) is 1.58. The predicted molar refractivity (Wildman–Crippen MR) is 58.2 cm³/mol. The SMILES string of the molecule is Cn1nnc(CC(=O)c2cc(Cl)ccc2F)n1. The van der Waals surface area contributed by atoms with Crippen LogP contribution in [0.25, 0.3) is 0 Å². The van der Waals surface area contributed by atoms with Crippen LogP contribution in [-0.2, 0) is 13.5 Å². The third-order valence-electron chi connectivity index (χ3n) is 2.10. The third kappa shape index (κ3) is 2.65. The van der Waals surface area contributed by atoms with E-state index < -0.39 is 11.6 Å². The van der Waals surface area contributed by atoms with Crippen LogP contribution in [0.2, 0.25) is 5.02 Å². The molecule has 0 radical (unpaired) electrons. The molecule has 0 aliphatic carbocycles. The van der Waals surface area contributed by atoms with Gasteiger partial charge in [0, 0.05) is 5.02 Å². The highest BCUT2D eigenvalue weighted by Crippen LogP contribution is 2.16. The molecule has 2 aromatic rings. The molecule has 0 spiro atoms. The number of aryl methyl sites for hydroxylation is 1. The summed E-state index contributed by atoms with van der Waals surface area (Å²) in [5, 5.41) is 11.4. The molecule has 0 saturated heterocycles. The van der Waals surface area contributed by atoms with Crippen LogP contribution < -0.4 is 0 Å². The summed E-state index contributed by atoms with van der Waals surface area (Å²) in [4.78, 5) is 13.0. The van der Waals surface area contributed by atoms with Crippen molar-refractivity contribution in [2.24, 2.45) is 7.05 Å². The molecule has 5 nitrogen and oxygen atoms in total. The minimum atomic E-state index is -0.608. The summed E-state index contributed by atoms with van der Waals surface area (Å²) >= 11 is 5.70. The molecule has 0 N–H and O–H groups in total. The van der Waals surface area contributed by atoms with E-state index in [0.29, 0.717) is 5.02 Å². The summed E-state index contributed by atoms with van der Waals surface area (Å²) < 4.78 is 13.4. The maximum atomic E-state index is 13.4. The van der Waals surface area contributed by atoms with E-state index in [4.69, 9.17) is 11.6 Å². The lowest BCUT2D eigenvalue weighted by atomic mass is 10.1. The van der Waals surface area contributed by atoms with Crippen LogP contribution in [0.5, 0.6) is 0 Å². The lowest BCUT2D eigenvalue weighted by Gasteiger charge is -2.00. The number of hydrogen-bond acceptors (Lipinski definition) is 4. The van der Waals surface area contributed by atoms with Gasteiger partial charge in [0.1, 0.15) is 5.82 Å². The Labute approximate surface area is 101 Å². The van der Waals surface area contributed by atoms with Crippen LogP contribution >= 0.6 is 11.6 Å². The molecule has 0 atom stereocenters. The minimum absolute atomic E-state index is 0.0649. The van der Waals surface area contributed by atoms with Crippen LogP contribution in [0.1, 0.15) is 16.2 Å². The van der Waals surface area contributed by atoms with Crippen molar-refractivity contribution in [1.82, 2.24) is 20.2 Å². The number of hydrogen-bond donors (Lipinski definition) is 0. The van der Waals surface area contributed by atoms with Crippen molar-refractivity contribution in [3.63, 3.8) is 0 Å². The molecule has 88 valence electrons. The predicted octanol–water partition coefficient (Wildman–Crippen LogP) is 1.43. The fourth-order valence-electron chi connectivity index (χ4n) is 1.34. The zero-order valence-corrected chi connectivity index (χ0v) is 9.65. The number of carbonyl (C=O) groups is 1. The number of carbonyl (C=O) groups excluding carboxylic acids is 1. The van der Waals surface area contributed by atoms with Crippen LogP contribution in [0.3, 0.4) is 0 Å². The summed E-state index contributed by atoms with van der Waals surface area (Å²) in [6.45, 7) is 0. The average molecular weight is 255 g/mol. The molecule has 0 bridgehead atoms. The lowest BCUT2D eigenvalue weighted by molar-refractivity contribution is 0.0987. The van der Waals surface area contributed by atoms with Crippen LogP contribution in [0.4, 0.5) is 4.39 Å². The van der Waals surface area contributed by atoms with Crippen LogP contribution in [-0.4, -0.2) is 26.0 Å². The Bertz CT molecular complexity index is 569. The van der Waals surface area contributed by atoms with E-state index in [-0.39, 0.29) is 17.8 Å². The van der Waals surface area contributed by atoms with Gasteiger partial charge in [0.05, 0.1) is 19.0 Å². The van der Waals surface area contributed by atoms with Crippen LogP contribution in [0.15, 0.2) is 18.2 Å². The molecular formula is C10H8ClFN4O. The largest absolute Gasteiger partial charge is 0.294 e. The highest BCUT2D eigenvalue weighted by atomic mass is 35.5. The van der Waals surface area contributed by atoms with E-state index in [0.717, 1.165) is 6.07 Å². The van der Waals surface area contributed by atoms with Gasteiger partial charge >= 0.3 is 0 Å². The lowest BCUT2D eigenvalue weighted by Crippen LogP contribution is -2.08. The zero-order valence-electron chi connectivity index (χ0n) is 8.89. The van der Waals surface area contributed by atoms with E-state index in [2.05, 4.69) is 15.4 Å². The number of aromatic nitrogens is 4. The van der Waals surface area contributed by atoms with Gasteiger partial charge in [0.2, 0.25) is 0 Å². The van der Waals surface area contributed by atoms with Gasteiger partial charge in [-0.05, 0) is 23.4 Å². The molecule has 2 rings (SSSR count). The molecule has 1 aromatic heterocycles. The average Bonchev–Trinajstić information content (AvgIpc) is 2.67. The second kappa shape index (κ2) is 4.58. The van der Waals surface area contributed by atoms with E-state index >= 15 is 0 Å². The first-order valence-corrected chi connectivity index (χ1v) is 5.15. The Morgan fingerprint density at radius 2 is 2.29 bits per heavy atom. The first-order valence-electron chi connectivity index (χ1n) is 4.77. The molecule has 0 aliphatic rings. The fraction of sp³-hybridized carbons (Fsp3) is 0.200. The standard InChI is InChI=1S/C10H8ClFN4O/c1-16-14-10(13-15-16)5-9(17)7-4-6(11)2-3-8(7)12/h2-4H,5H2,1H3. The number of rotatable bonds is 3. The Kier molecular flexibility index (Phi) is 3.14. The molecule has 17 heavy (non-hydrogen) atoms. The van der Waals surface area contributed by atoms with Crippen molar-refractivity contribution >= 4 is 17.4 Å². The molecule has 1 heterocycles. The van der Waals surface area contributed by atoms with Gasteiger partial charge in [-0.15, -0.1) is 10.2 Å². The Balaban J connectivity index is 2.22. The molecule has 7 heteroatoms. The first kappa shape index (κ1) is 11.7. The topological polar surface area (TPSA) is 60.7 Å². The molecule has 0 aliphatic heterocycles. The Morgan fingerprint density at radius 3 is 2.94 bits per heavy atom. The van der Waals surface area contributed by atoms with Crippen molar-refractivity contribution in [3.8, 4) is 0 Å². The van der Waals surface area contributed by atoms with Gasteiger partial charge < -0.3 is 0 Å². The van der Waals surface area contributed by atoms with Crippen molar-refractivity contribution in [3.05, 3.63) is 40.4 Å². The zero-order chi connectivity index (χ0) is 12.4. The van der Waals surface area contributed by atoms with Crippen molar-refractivity contribution in [2.45, 2.75) is 6.42 Å². The summed E-state index contributed by atoms with van der Waals surface area (Å²) in [6.07, 6.45) is -0.106. The quantitative estimate of drug-likeness (QED) is 0.778. The first-order chi connectivity index (χ1) is 8.06. The van der Waals surface area contributed by atoms with Crippen molar-refractivity contribution in [2.75, 3.05) is 0 Å². The van der Waals surface area contributed by atoms with E-state index in [1.165, 1.54) is 16.9 Å².